The Hall–Kier alpha value is -1.58. The number of rotatable bonds is 10. The Morgan fingerprint density at radius 2 is 1.57 bits per heavy atom. The highest BCUT2D eigenvalue weighted by Crippen LogP contribution is 2.53. The molecule has 0 aromatic carbocycles. The van der Waals surface area contributed by atoms with E-state index in [1.807, 2.05) is 24.3 Å². The third-order valence-corrected chi connectivity index (χ3v) is 5.25. The summed E-state index contributed by atoms with van der Waals surface area (Å²) in [5.41, 5.74) is -0.770. The molecule has 1 heterocycles. The summed E-state index contributed by atoms with van der Waals surface area (Å²) in [6.07, 6.45) is 13.3. The van der Waals surface area contributed by atoms with Gasteiger partial charge in [-0.3, -0.25) is 4.90 Å². The van der Waals surface area contributed by atoms with Gasteiger partial charge in [-0.1, -0.05) is 24.3 Å². The quantitative estimate of drug-likeness (QED) is 0.470. The second-order valence-corrected chi connectivity index (χ2v) is 6.29. The number of piperidine rings is 1. The first kappa shape index (κ1) is 19.5. The molecule has 2 atom stereocenters. The molecule has 1 aliphatic rings. The standard InChI is InChI=1S/C20H31NO2/c1-5-11-19(14-9-17-22)18(23)10-16-21(15-8-4)20(19,12-6-2)13-7-3/h5-9,17-18,22-23H,1-4,10-16H2. The lowest BCUT2D eigenvalue weighted by Gasteiger charge is -2.61. The number of aliphatic hydroxyl groups excluding tert-OH is 2. The van der Waals surface area contributed by atoms with Gasteiger partial charge in [0.25, 0.3) is 0 Å². The fourth-order valence-corrected chi connectivity index (χ4v) is 4.30. The second-order valence-electron chi connectivity index (χ2n) is 6.29. The predicted octanol–water partition coefficient (Wildman–Crippen LogP) is 4.15. The van der Waals surface area contributed by atoms with Gasteiger partial charge in [0.05, 0.1) is 12.4 Å². The number of aliphatic hydroxyl groups is 2. The number of allylic oxidation sites excluding steroid dienone is 2. The summed E-state index contributed by atoms with van der Waals surface area (Å²) in [6, 6.07) is 0. The summed E-state index contributed by atoms with van der Waals surface area (Å²) in [5.74, 6) is 0. The predicted molar refractivity (Wildman–Crippen MR) is 98.4 cm³/mol. The van der Waals surface area contributed by atoms with E-state index in [0.29, 0.717) is 19.3 Å². The summed E-state index contributed by atoms with van der Waals surface area (Å²) in [6.45, 7) is 17.2. The molecule has 0 aliphatic carbocycles. The van der Waals surface area contributed by atoms with Crippen molar-refractivity contribution in [2.75, 3.05) is 13.1 Å². The minimum atomic E-state index is -0.474. The van der Waals surface area contributed by atoms with E-state index in [-0.39, 0.29) is 5.54 Å². The zero-order valence-electron chi connectivity index (χ0n) is 14.2. The van der Waals surface area contributed by atoms with Crippen LogP contribution >= 0.6 is 0 Å². The van der Waals surface area contributed by atoms with Crippen LogP contribution in [0.5, 0.6) is 0 Å². The molecule has 23 heavy (non-hydrogen) atoms. The molecule has 1 fully saturated rings. The third kappa shape index (κ3) is 3.51. The van der Waals surface area contributed by atoms with Gasteiger partial charge < -0.3 is 10.2 Å². The molecule has 2 unspecified atom stereocenters. The molecule has 3 heteroatoms. The van der Waals surface area contributed by atoms with Gasteiger partial charge in [-0.2, -0.15) is 0 Å². The Bertz CT molecular complexity index is 445. The van der Waals surface area contributed by atoms with Crippen LogP contribution in [0, 0.1) is 5.41 Å². The molecule has 1 rings (SSSR count). The molecule has 0 spiro atoms. The van der Waals surface area contributed by atoms with Crippen LogP contribution in [0.1, 0.15) is 32.1 Å². The average Bonchev–Trinajstić information content (AvgIpc) is 2.53. The molecule has 0 amide bonds. The highest BCUT2D eigenvalue weighted by Gasteiger charge is 2.57. The zero-order valence-corrected chi connectivity index (χ0v) is 14.2. The van der Waals surface area contributed by atoms with Crippen molar-refractivity contribution >= 4 is 0 Å². The lowest BCUT2D eigenvalue weighted by atomic mass is 9.56. The van der Waals surface area contributed by atoms with E-state index in [9.17, 15) is 10.2 Å². The Kier molecular flexibility index (Phi) is 7.53. The molecular weight excluding hydrogens is 286 g/mol. The topological polar surface area (TPSA) is 43.7 Å². The number of likely N-dealkylation sites (tertiary alicyclic amines) is 1. The fraction of sp³-hybridized carbons (Fsp3) is 0.500. The van der Waals surface area contributed by atoms with Gasteiger partial charge in [0.2, 0.25) is 0 Å². The molecule has 3 nitrogen and oxygen atoms in total. The largest absolute Gasteiger partial charge is 0.516 e. The van der Waals surface area contributed by atoms with Gasteiger partial charge in [0.15, 0.2) is 0 Å². The SMILES string of the molecule is C=CCN1CCC(O)C(CC=C)(CC=CO)C1(CC=C)CC=C. The second kappa shape index (κ2) is 8.90. The van der Waals surface area contributed by atoms with Gasteiger partial charge in [0.1, 0.15) is 0 Å². The smallest absolute Gasteiger partial charge is 0.0752 e. The summed E-state index contributed by atoms with van der Waals surface area (Å²) < 4.78 is 0. The van der Waals surface area contributed by atoms with Crippen LogP contribution in [0.2, 0.25) is 0 Å². The van der Waals surface area contributed by atoms with Gasteiger partial charge in [-0.15, -0.1) is 26.3 Å². The van der Waals surface area contributed by atoms with Crippen LogP contribution in [0.15, 0.2) is 63.0 Å². The summed E-state index contributed by atoms with van der Waals surface area (Å²) >= 11 is 0. The van der Waals surface area contributed by atoms with Crippen molar-refractivity contribution in [3.05, 3.63) is 63.0 Å². The average molecular weight is 317 g/mol. The van der Waals surface area contributed by atoms with E-state index in [1.54, 1.807) is 6.08 Å². The molecular formula is C20H31NO2. The Morgan fingerprint density at radius 1 is 0.957 bits per heavy atom. The molecule has 0 aromatic rings. The van der Waals surface area contributed by atoms with E-state index >= 15 is 0 Å². The Labute approximate surface area is 141 Å². The van der Waals surface area contributed by atoms with E-state index in [0.717, 1.165) is 32.2 Å². The highest BCUT2D eigenvalue weighted by atomic mass is 16.3. The van der Waals surface area contributed by atoms with Gasteiger partial charge in [-0.05, 0) is 38.2 Å². The van der Waals surface area contributed by atoms with Crippen LogP contribution in [0.3, 0.4) is 0 Å². The third-order valence-electron chi connectivity index (χ3n) is 5.25. The first-order valence-corrected chi connectivity index (χ1v) is 8.24. The normalized spacial score (nSPS) is 27.6. The lowest BCUT2D eigenvalue weighted by molar-refractivity contribution is -0.141. The molecule has 128 valence electrons. The van der Waals surface area contributed by atoms with E-state index < -0.39 is 11.5 Å². The van der Waals surface area contributed by atoms with Crippen LogP contribution < -0.4 is 0 Å². The number of hydrogen-bond donors (Lipinski definition) is 2. The van der Waals surface area contributed by atoms with Crippen LogP contribution in [-0.4, -0.2) is 39.8 Å². The van der Waals surface area contributed by atoms with Crippen molar-refractivity contribution in [3.8, 4) is 0 Å². The van der Waals surface area contributed by atoms with Gasteiger partial charge >= 0.3 is 0 Å². The molecule has 0 saturated carbocycles. The Balaban J connectivity index is 3.54. The molecule has 2 N–H and O–H groups in total. The monoisotopic (exact) mass is 317 g/mol. The van der Waals surface area contributed by atoms with Crippen LogP contribution in [0.25, 0.3) is 0 Å². The summed E-state index contributed by atoms with van der Waals surface area (Å²) in [5, 5.41) is 20.2. The van der Waals surface area contributed by atoms with Crippen molar-refractivity contribution in [3.63, 3.8) is 0 Å². The zero-order chi connectivity index (χ0) is 17.3. The summed E-state index contributed by atoms with van der Waals surface area (Å²) in [4.78, 5) is 2.38. The Morgan fingerprint density at radius 3 is 2.04 bits per heavy atom. The van der Waals surface area contributed by atoms with Crippen molar-refractivity contribution in [1.29, 1.82) is 0 Å². The number of nitrogens with zero attached hydrogens (tertiary/aromatic N) is 1. The van der Waals surface area contributed by atoms with E-state index in [1.165, 1.54) is 0 Å². The molecule has 0 aromatic heterocycles. The van der Waals surface area contributed by atoms with Crippen LogP contribution in [0.4, 0.5) is 0 Å². The first-order valence-electron chi connectivity index (χ1n) is 8.24. The summed E-state index contributed by atoms with van der Waals surface area (Å²) in [7, 11) is 0. The maximum absolute atomic E-state index is 11.0. The van der Waals surface area contributed by atoms with Crippen molar-refractivity contribution in [2.45, 2.75) is 43.7 Å². The first-order chi connectivity index (χ1) is 11.1. The fourth-order valence-electron chi connectivity index (χ4n) is 4.30. The minimum absolute atomic E-state index is 0.323. The highest BCUT2D eigenvalue weighted by molar-refractivity contribution is 5.19. The van der Waals surface area contributed by atoms with E-state index in [2.05, 4.69) is 31.2 Å². The molecule has 0 radical (unpaired) electrons. The molecule has 1 saturated heterocycles. The van der Waals surface area contributed by atoms with Gasteiger partial charge in [0, 0.05) is 24.0 Å². The van der Waals surface area contributed by atoms with Crippen molar-refractivity contribution in [1.82, 2.24) is 4.90 Å². The van der Waals surface area contributed by atoms with Crippen molar-refractivity contribution < 1.29 is 10.2 Å². The maximum atomic E-state index is 11.0. The lowest BCUT2D eigenvalue weighted by Crippen LogP contribution is -2.67. The van der Waals surface area contributed by atoms with Gasteiger partial charge in [-0.25, -0.2) is 0 Å². The van der Waals surface area contributed by atoms with E-state index in [4.69, 9.17) is 0 Å². The molecule has 0 bridgehead atoms. The molecule has 1 aliphatic heterocycles. The maximum Gasteiger partial charge on any atom is 0.0752 e. The minimum Gasteiger partial charge on any atom is -0.516 e. The van der Waals surface area contributed by atoms with Crippen molar-refractivity contribution in [2.24, 2.45) is 5.41 Å². The van der Waals surface area contributed by atoms with Crippen LogP contribution in [-0.2, 0) is 0 Å². The number of hydrogen-bond acceptors (Lipinski definition) is 3.